The summed E-state index contributed by atoms with van der Waals surface area (Å²) in [7, 11) is 0. The number of amides is 1. The first kappa shape index (κ1) is 24.4. The van der Waals surface area contributed by atoms with E-state index in [2.05, 4.69) is 36.9 Å². The summed E-state index contributed by atoms with van der Waals surface area (Å²) in [6, 6.07) is 14.3. The molecule has 2 heterocycles. The molecule has 2 aliphatic rings. The number of carbonyl (C=O) groups excluding carboxylic acids is 1. The molecule has 6 heteroatoms. The molecule has 1 fully saturated rings. The first-order valence-corrected chi connectivity index (χ1v) is 12.6. The summed E-state index contributed by atoms with van der Waals surface area (Å²) in [6.07, 6.45) is 1.78. The number of para-hydroxylation sites is 1. The molecule has 0 aromatic heterocycles. The van der Waals surface area contributed by atoms with Gasteiger partial charge in [0, 0.05) is 38.2 Å². The van der Waals surface area contributed by atoms with Crippen LogP contribution in [0.4, 0.5) is 0 Å². The molecule has 2 aliphatic heterocycles. The molecule has 2 aromatic rings. The second kappa shape index (κ2) is 11.6. The first-order chi connectivity index (χ1) is 16.5. The van der Waals surface area contributed by atoms with Gasteiger partial charge in [0.1, 0.15) is 5.75 Å². The van der Waals surface area contributed by atoms with E-state index in [1.54, 1.807) is 0 Å². The molecule has 0 radical (unpaired) electrons. The molecular formula is C28H38N2O4. The van der Waals surface area contributed by atoms with E-state index in [1.165, 1.54) is 5.56 Å². The van der Waals surface area contributed by atoms with Crippen LogP contribution in [-0.4, -0.2) is 55.2 Å². The molecule has 0 aliphatic carbocycles. The number of carbonyl (C=O) groups is 1. The highest BCUT2D eigenvalue weighted by Gasteiger charge is 2.32. The van der Waals surface area contributed by atoms with E-state index < -0.39 is 0 Å². The summed E-state index contributed by atoms with van der Waals surface area (Å²) in [5.74, 6) is 3.20. The van der Waals surface area contributed by atoms with Gasteiger partial charge in [-0.2, -0.15) is 0 Å². The van der Waals surface area contributed by atoms with Crippen molar-refractivity contribution in [3.8, 4) is 17.2 Å². The van der Waals surface area contributed by atoms with Crippen molar-refractivity contribution in [1.82, 2.24) is 9.80 Å². The van der Waals surface area contributed by atoms with Crippen LogP contribution in [0.25, 0.3) is 0 Å². The molecule has 0 spiro atoms. The van der Waals surface area contributed by atoms with Crippen molar-refractivity contribution < 1.29 is 19.0 Å². The van der Waals surface area contributed by atoms with Crippen LogP contribution < -0.4 is 14.2 Å². The fourth-order valence-electron chi connectivity index (χ4n) is 4.81. The molecule has 0 saturated carbocycles. The number of rotatable bonds is 9. The molecule has 1 amide bonds. The van der Waals surface area contributed by atoms with Crippen LogP contribution in [0.2, 0.25) is 0 Å². The standard InChI is InChI=1S/C28H38N2O4/c1-4-32-25-9-6-5-8-23(25)19-29-13-12-24(20-29)28(31)30(17-21(2)3)18-22-10-11-26-27(16-22)34-15-7-14-33-26/h5-6,8-11,16,21,24H,4,7,12-15,17-20H2,1-3H3. The van der Waals surface area contributed by atoms with Crippen molar-refractivity contribution in [2.45, 2.75) is 46.7 Å². The predicted octanol–water partition coefficient (Wildman–Crippen LogP) is 4.75. The Labute approximate surface area is 203 Å². The average molecular weight is 467 g/mol. The van der Waals surface area contributed by atoms with Gasteiger partial charge in [-0.1, -0.05) is 38.1 Å². The minimum atomic E-state index is 0.0263. The Balaban J connectivity index is 1.41. The van der Waals surface area contributed by atoms with Crippen molar-refractivity contribution in [3.05, 3.63) is 53.6 Å². The molecule has 2 aromatic carbocycles. The molecule has 184 valence electrons. The molecule has 4 rings (SSSR count). The van der Waals surface area contributed by atoms with Crippen LogP contribution in [0, 0.1) is 11.8 Å². The summed E-state index contributed by atoms with van der Waals surface area (Å²) in [5.41, 5.74) is 2.27. The van der Waals surface area contributed by atoms with Gasteiger partial charge in [-0.05, 0) is 49.6 Å². The molecule has 1 unspecified atom stereocenters. The maximum Gasteiger partial charge on any atom is 0.227 e. The Morgan fingerprint density at radius 3 is 2.74 bits per heavy atom. The number of fused-ring (bicyclic) bond motifs is 1. The molecule has 1 saturated heterocycles. The fourth-order valence-corrected chi connectivity index (χ4v) is 4.81. The zero-order chi connectivity index (χ0) is 23.9. The molecule has 1 atom stereocenters. The molecular weight excluding hydrogens is 428 g/mol. The quantitative estimate of drug-likeness (QED) is 0.534. The van der Waals surface area contributed by atoms with E-state index in [9.17, 15) is 4.79 Å². The van der Waals surface area contributed by atoms with E-state index in [0.717, 1.165) is 61.8 Å². The summed E-state index contributed by atoms with van der Waals surface area (Å²) >= 11 is 0. The summed E-state index contributed by atoms with van der Waals surface area (Å²) in [4.78, 5) is 18.0. The van der Waals surface area contributed by atoms with Crippen LogP contribution in [0.15, 0.2) is 42.5 Å². The predicted molar refractivity (Wildman–Crippen MR) is 133 cm³/mol. The van der Waals surface area contributed by atoms with Gasteiger partial charge >= 0.3 is 0 Å². The zero-order valence-corrected chi connectivity index (χ0v) is 20.8. The van der Waals surface area contributed by atoms with Gasteiger partial charge in [-0.3, -0.25) is 9.69 Å². The van der Waals surface area contributed by atoms with Gasteiger partial charge < -0.3 is 19.1 Å². The van der Waals surface area contributed by atoms with Crippen molar-refractivity contribution in [3.63, 3.8) is 0 Å². The van der Waals surface area contributed by atoms with E-state index in [4.69, 9.17) is 14.2 Å². The Hall–Kier alpha value is -2.73. The monoisotopic (exact) mass is 466 g/mol. The van der Waals surface area contributed by atoms with Crippen molar-refractivity contribution in [1.29, 1.82) is 0 Å². The lowest BCUT2D eigenvalue weighted by molar-refractivity contribution is -0.136. The van der Waals surface area contributed by atoms with Gasteiger partial charge in [0.15, 0.2) is 11.5 Å². The van der Waals surface area contributed by atoms with Gasteiger partial charge in [-0.25, -0.2) is 0 Å². The average Bonchev–Trinajstić information content (AvgIpc) is 3.16. The lowest BCUT2D eigenvalue weighted by Gasteiger charge is -2.28. The minimum absolute atomic E-state index is 0.0263. The second-order valence-electron chi connectivity index (χ2n) is 9.71. The minimum Gasteiger partial charge on any atom is -0.494 e. The Morgan fingerprint density at radius 2 is 1.94 bits per heavy atom. The highest BCUT2D eigenvalue weighted by molar-refractivity contribution is 5.79. The largest absolute Gasteiger partial charge is 0.494 e. The first-order valence-electron chi connectivity index (χ1n) is 12.6. The number of nitrogens with zero attached hydrogens (tertiary/aromatic N) is 2. The van der Waals surface area contributed by atoms with E-state index in [-0.39, 0.29) is 11.8 Å². The fraction of sp³-hybridized carbons (Fsp3) is 0.536. The Morgan fingerprint density at radius 1 is 1.15 bits per heavy atom. The van der Waals surface area contributed by atoms with Crippen molar-refractivity contribution in [2.24, 2.45) is 11.8 Å². The summed E-state index contributed by atoms with van der Waals surface area (Å²) < 4.78 is 17.4. The molecule has 34 heavy (non-hydrogen) atoms. The van der Waals surface area contributed by atoms with Gasteiger partial charge in [-0.15, -0.1) is 0 Å². The number of hydrogen-bond donors (Lipinski definition) is 0. The van der Waals surface area contributed by atoms with Gasteiger partial charge in [0.2, 0.25) is 5.91 Å². The van der Waals surface area contributed by atoms with Gasteiger partial charge in [0.05, 0.1) is 25.7 Å². The Bertz CT molecular complexity index is 961. The molecule has 0 bridgehead atoms. The van der Waals surface area contributed by atoms with Crippen molar-refractivity contribution >= 4 is 5.91 Å². The highest BCUT2D eigenvalue weighted by atomic mass is 16.5. The van der Waals surface area contributed by atoms with Crippen LogP contribution in [-0.2, 0) is 17.9 Å². The molecule has 6 nitrogen and oxygen atoms in total. The third-order valence-electron chi connectivity index (χ3n) is 6.37. The van der Waals surface area contributed by atoms with E-state index >= 15 is 0 Å². The third-order valence-corrected chi connectivity index (χ3v) is 6.37. The van der Waals surface area contributed by atoms with E-state index in [1.807, 2.05) is 36.1 Å². The SMILES string of the molecule is CCOc1ccccc1CN1CCC(C(=O)N(Cc2ccc3c(c2)OCCCO3)CC(C)C)C1. The van der Waals surface area contributed by atoms with Crippen LogP contribution in [0.3, 0.4) is 0 Å². The highest BCUT2D eigenvalue weighted by Crippen LogP contribution is 2.31. The normalized spacial score (nSPS) is 18.1. The number of benzene rings is 2. The maximum atomic E-state index is 13.6. The van der Waals surface area contributed by atoms with Crippen LogP contribution in [0.1, 0.15) is 44.7 Å². The number of hydrogen-bond acceptors (Lipinski definition) is 5. The van der Waals surface area contributed by atoms with E-state index in [0.29, 0.717) is 32.3 Å². The van der Waals surface area contributed by atoms with Crippen molar-refractivity contribution in [2.75, 3.05) is 39.5 Å². The lowest BCUT2D eigenvalue weighted by atomic mass is 10.0. The van der Waals surface area contributed by atoms with Crippen LogP contribution in [0.5, 0.6) is 17.2 Å². The second-order valence-corrected chi connectivity index (χ2v) is 9.71. The Kier molecular flexibility index (Phi) is 8.33. The summed E-state index contributed by atoms with van der Waals surface area (Å²) in [5, 5.41) is 0. The van der Waals surface area contributed by atoms with Gasteiger partial charge in [0.25, 0.3) is 0 Å². The molecule has 0 N–H and O–H groups in total. The zero-order valence-electron chi connectivity index (χ0n) is 20.8. The number of likely N-dealkylation sites (tertiary alicyclic amines) is 1. The summed E-state index contributed by atoms with van der Waals surface area (Å²) in [6.45, 7) is 12.2. The maximum absolute atomic E-state index is 13.6. The third kappa shape index (κ3) is 6.23. The topological polar surface area (TPSA) is 51.2 Å². The number of ether oxygens (including phenoxy) is 3. The van der Waals surface area contributed by atoms with Crippen LogP contribution >= 0.6 is 0 Å². The smallest absolute Gasteiger partial charge is 0.227 e. The lowest BCUT2D eigenvalue weighted by Crippen LogP contribution is -2.39.